The van der Waals surface area contributed by atoms with Crippen LogP contribution in [0.15, 0.2) is 18.2 Å². The number of esters is 2. The quantitative estimate of drug-likeness (QED) is 0.465. The molecule has 0 saturated carbocycles. The monoisotopic (exact) mass is 281 g/mol. The Morgan fingerprint density at radius 2 is 2.05 bits per heavy atom. The Morgan fingerprint density at radius 3 is 2.70 bits per heavy atom. The summed E-state index contributed by atoms with van der Waals surface area (Å²) >= 11 is 0. The molecule has 0 aliphatic rings. The fraction of sp³-hybridized carbons (Fsp3) is 0.429. The van der Waals surface area contributed by atoms with E-state index in [9.17, 15) is 9.59 Å². The summed E-state index contributed by atoms with van der Waals surface area (Å²) in [6.45, 7) is 2.35. The van der Waals surface area contributed by atoms with Gasteiger partial charge in [0.1, 0.15) is 5.75 Å². The summed E-state index contributed by atoms with van der Waals surface area (Å²) in [7, 11) is 1.34. The molecule has 0 fully saturated rings. The zero-order chi connectivity index (χ0) is 15.0. The summed E-state index contributed by atoms with van der Waals surface area (Å²) in [5.41, 5.74) is 6.33. The standard InChI is InChI=1S/C14H19NO5/c1-3-19-14(17)11-9-10(6-7-12(11)15)20-8-4-5-13(16)18-2/h6-7,9H,3-5,8,15H2,1-2H3. The molecule has 110 valence electrons. The van der Waals surface area contributed by atoms with Gasteiger partial charge in [-0.1, -0.05) is 0 Å². The number of nitrogens with two attached hydrogens (primary N) is 1. The van der Waals surface area contributed by atoms with Gasteiger partial charge in [0.2, 0.25) is 0 Å². The van der Waals surface area contributed by atoms with Gasteiger partial charge in [-0.3, -0.25) is 4.79 Å². The highest BCUT2D eigenvalue weighted by Gasteiger charge is 2.12. The number of carbonyl (C=O) groups excluding carboxylic acids is 2. The van der Waals surface area contributed by atoms with Crippen LogP contribution in [0.3, 0.4) is 0 Å². The minimum absolute atomic E-state index is 0.275. The molecular weight excluding hydrogens is 262 g/mol. The number of methoxy groups -OCH3 is 1. The maximum atomic E-state index is 11.7. The van der Waals surface area contributed by atoms with Crippen LogP contribution in [0.1, 0.15) is 30.1 Å². The molecule has 0 radical (unpaired) electrons. The Morgan fingerprint density at radius 1 is 1.30 bits per heavy atom. The van der Waals surface area contributed by atoms with Gasteiger partial charge in [-0.05, 0) is 31.5 Å². The number of carbonyl (C=O) groups is 2. The van der Waals surface area contributed by atoms with E-state index in [1.807, 2.05) is 0 Å². The molecule has 1 aromatic rings. The largest absolute Gasteiger partial charge is 0.494 e. The first-order valence-corrected chi connectivity index (χ1v) is 6.34. The van der Waals surface area contributed by atoms with Crippen molar-refractivity contribution in [3.63, 3.8) is 0 Å². The fourth-order valence-corrected chi connectivity index (χ4v) is 1.52. The van der Waals surface area contributed by atoms with Crippen LogP contribution in [0.25, 0.3) is 0 Å². The summed E-state index contributed by atoms with van der Waals surface area (Å²) in [6, 6.07) is 4.78. The maximum Gasteiger partial charge on any atom is 0.340 e. The molecule has 0 unspecified atom stereocenters. The highest BCUT2D eigenvalue weighted by atomic mass is 16.5. The molecule has 0 amide bonds. The highest BCUT2D eigenvalue weighted by molar-refractivity contribution is 5.95. The molecule has 1 aromatic carbocycles. The van der Waals surface area contributed by atoms with Gasteiger partial charge in [0.15, 0.2) is 0 Å². The topological polar surface area (TPSA) is 87.8 Å². The van der Waals surface area contributed by atoms with Crippen LogP contribution in [0.2, 0.25) is 0 Å². The van der Waals surface area contributed by atoms with Gasteiger partial charge in [-0.15, -0.1) is 0 Å². The number of hydrogen-bond acceptors (Lipinski definition) is 6. The lowest BCUT2D eigenvalue weighted by atomic mass is 10.1. The van der Waals surface area contributed by atoms with Gasteiger partial charge in [0, 0.05) is 12.1 Å². The second-order valence-corrected chi connectivity index (χ2v) is 4.00. The SMILES string of the molecule is CCOC(=O)c1cc(OCCCC(=O)OC)ccc1N. The van der Waals surface area contributed by atoms with Crippen molar-refractivity contribution in [2.45, 2.75) is 19.8 Å². The van der Waals surface area contributed by atoms with Crippen LogP contribution in [0.5, 0.6) is 5.75 Å². The lowest BCUT2D eigenvalue weighted by molar-refractivity contribution is -0.140. The van der Waals surface area contributed by atoms with Gasteiger partial charge in [-0.2, -0.15) is 0 Å². The summed E-state index contributed by atoms with van der Waals surface area (Å²) in [4.78, 5) is 22.6. The Labute approximate surface area is 117 Å². The molecule has 0 heterocycles. The Balaban J connectivity index is 2.57. The number of benzene rings is 1. The van der Waals surface area contributed by atoms with E-state index in [0.29, 0.717) is 24.5 Å². The normalized spacial score (nSPS) is 9.90. The zero-order valence-electron chi connectivity index (χ0n) is 11.7. The molecule has 6 nitrogen and oxygen atoms in total. The molecule has 2 N–H and O–H groups in total. The van der Waals surface area contributed by atoms with Crippen LogP contribution in [-0.4, -0.2) is 32.3 Å². The van der Waals surface area contributed by atoms with Crippen LogP contribution in [0, 0.1) is 0 Å². The first-order valence-electron chi connectivity index (χ1n) is 6.34. The van der Waals surface area contributed by atoms with E-state index < -0.39 is 5.97 Å². The maximum absolute atomic E-state index is 11.7. The Bertz CT molecular complexity index is 473. The lowest BCUT2D eigenvalue weighted by Crippen LogP contribution is -2.09. The third-order valence-corrected chi connectivity index (χ3v) is 2.54. The molecular formula is C14H19NO5. The minimum atomic E-state index is -0.481. The number of rotatable bonds is 7. The molecule has 6 heteroatoms. The van der Waals surface area contributed by atoms with Crippen molar-refractivity contribution in [3.05, 3.63) is 23.8 Å². The summed E-state index contributed by atoms with van der Waals surface area (Å²) in [6.07, 6.45) is 0.821. The minimum Gasteiger partial charge on any atom is -0.494 e. The van der Waals surface area contributed by atoms with Crippen molar-refractivity contribution >= 4 is 17.6 Å². The molecule has 0 atom stereocenters. The second kappa shape index (κ2) is 8.04. The van der Waals surface area contributed by atoms with Gasteiger partial charge >= 0.3 is 11.9 Å². The molecule has 20 heavy (non-hydrogen) atoms. The third kappa shape index (κ3) is 4.79. The van der Waals surface area contributed by atoms with Gasteiger partial charge < -0.3 is 19.9 Å². The van der Waals surface area contributed by atoms with Gasteiger partial charge in [0.05, 0.1) is 25.9 Å². The van der Waals surface area contributed by atoms with Gasteiger partial charge in [-0.25, -0.2) is 4.79 Å². The predicted octanol–water partition coefficient (Wildman–Crippen LogP) is 1.78. The summed E-state index contributed by atoms with van der Waals surface area (Å²) in [5, 5.41) is 0. The lowest BCUT2D eigenvalue weighted by Gasteiger charge is -2.09. The highest BCUT2D eigenvalue weighted by Crippen LogP contribution is 2.21. The van der Waals surface area contributed by atoms with Crippen LogP contribution >= 0.6 is 0 Å². The summed E-state index contributed by atoms with van der Waals surface area (Å²) in [5.74, 6) is -0.254. The van der Waals surface area contributed by atoms with Crippen LogP contribution in [0.4, 0.5) is 5.69 Å². The number of nitrogen functional groups attached to an aromatic ring is 1. The average Bonchev–Trinajstić information content (AvgIpc) is 2.45. The molecule has 1 rings (SSSR count). The number of hydrogen-bond donors (Lipinski definition) is 1. The Hall–Kier alpha value is -2.24. The van der Waals surface area contributed by atoms with E-state index in [0.717, 1.165) is 0 Å². The van der Waals surface area contributed by atoms with E-state index in [1.54, 1.807) is 19.1 Å². The molecule has 0 aliphatic carbocycles. The average molecular weight is 281 g/mol. The van der Waals surface area contributed by atoms with Crippen molar-refractivity contribution in [2.75, 3.05) is 26.1 Å². The smallest absolute Gasteiger partial charge is 0.340 e. The second-order valence-electron chi connectivity index (χ2n) is 4.00. The van der Waals surface area contributed by atoms with Crippen LogP contribution < -0.4 is 10.5 Å². The van der Waals surface area contributed by atoms with E-state index in [1.165, 1.54) is 13.2 Å². The van der Waals surface area contributed by atoms with Gasteiger partial charge in [0.25, 0.3) is 0 Å². The van der Waals surface area contributed by atoms with Crippen molar-refractivity contribution in [3.8, 4) is 5.75 Å². The molecule has 0 saturated heterocycles. The summed E-state index contributed by atoms with van der Waals surface area (Å²) < 4.78 is 14.9. The van der Waals surface area contributed by atoms with Crippen molar-refractivity contribution < 1.29 is 23.8 Å². The third-order valence-electron chi connectivity index (χ3n) is 2.54. The van der Waals surface area contributed by atoms with Crippen molar-refractivity contribution in [2.24, 2.45) is 0 Å². The molecule has 0 bridgehead atoms. The fourth-order valence-electron chi connectivity index (χ4n) is 1.52. The van der Waals surface area contributed by atoms with E-state index in [-0.39, 0.29) is 24.6 Å². The van der Waals surface area contributed by atoms with E-state index >= 15 is 0 Å². The van der Waals surface area contributed by atoms with E-state index in [4.69, 9.17) is 15.2 Å². The Kier molecular flexibility index (Phi) is 6.36. The molecule has 0 spiro atoms. The van der Waals surface area contributed by atoms with Crippen LogP contribution in [-0.2, 0) is 14.3 Å². The number of anilines is 1. The first-order chi connectivity index (χ1) is 9.58. The van der Waals surface area contributed by atoms with Crippen molar-refractivity contribution in [1.29, 1.82) is 0 Å². The molecule has 0 aliphatic heterocycles. The predicted molar refractivity (Wildman–Crippen MR) is 73.6 cm³/mol. The zero-order valence-corrected chi connectivity index (χ0v) is 11.7. The van der Waals surface area contributed by atoms with E-state index in [2.05, 4.69) is 4.74 Å². The molecule has 0 aromatic heterocycles. The first kappa shape index (κ1) is 15.8. The number of ether oxygens (including phenoxy) is 3. The van der Waals surface area contributed by atoms with Crippen molar-refractivity contribution in [1.82, 2.24) is 0 Å².